The van der Waals surface area contributed by atoms with Gasteiger partial charge in [0.15, 0.2) is 0 Å². The highest BCUT2D eigenvalue weighted by Gasteiger charge is 2.11. The van der Waals surface area contributed by atoms with Crippen molar-refractivity contribution in [3.63, 3.8) is 0 Å². The van der Waals surface area contributed by atoms with E-state index < -0.39 is 0 Å². The summed E-state index contributed by atoms with van der Waals surface area (Å²) >= 11 is 0. The fourth-order valence-electron chi connectivity index (χ4n) is 2.18. The lowest BCUT2D eigenvalue weighted by atomic mass is 9.97. The van der Waals surface area contributed by atoms with Crippen molar-refractivity contribution in [3.05, 3.63) is 76.9 Å². The van der Waals surface area contributed by atoms with Gasteiger partial charge in [-0.1, -0.05) is 54.6 Å². The van der Waals surface area contributed by atoms with Crippen LogP contribution in [0.5, 0.6) is 0 Å². The SMILES string of the molecule is C=N/C(=C(/C)C(=N)c1ccccc1)c1ccccc1C. The Balaban J connectivity index is 2.51. The van der Waals surface area contributed by atoms with Crippen LogP contribution in [-0.4, -0.2) is 12.4 Å². The van der Waals surface area contributed by atoms with E-state index in [4.69, 9.17) is 5.41 Å². The lowest BCUT2D eigenvalue weighted by molar-refractivity contribution is 1.35. The molecule has 0 spiro atoms. The van der Waals surface area contributed by atoms with E-state index in [1.54, 1.807) is 0 Å². The smallest absolute Gasteiger partial charge is 0.0747 e. The zero-order chi connectivity index (χ0) is 14.5. The van der Waals surface area contributed by atoms with Crippen molar-refractivity contribution >= 4 is 18.1 Å². The molecule has 0 radical (unpaired) electrons. The predicted molar refractivity (Wildman–Crippen MR) is 86.6 cm³/mol. The van der Waals surface area contributed by atoms with Crippen LogP contribution in [0.2, 0.25) is 0 Å². The summed E-state index contributed by atoms with van der Waals surface area (Å²) in [5.74, 6) is 0. The molecule has 0 aliphatic carbocycles. The number of aryl methyl sites for hydroxylation is 1. The van der Waals surface area contributed by atoms with Crippen molar-refractivity contribution in [1.29, 1.82) is 5.41 Å². The van der Waals surface area contributed by atoms with Gasteiger partial charge in [-0.05, 0) is 31.7 Å². The Morgan fingerprint density at radius 3 is 2.20 bits per heavy atom. The van der Waals surface area contributed by atoms with Gasteiger partial charge in [0.05, 0.1) is 11.4 Å². The monoisotopic (exact) mass is 262 g/mol. The average molecular weight is 262 g/mol. The summed E-state index contributed by atoms with van der Waals surface area (Å²) in [5, 5.41) is 8.34. The second-order valence-electron chi connectivity index (χ2n) is 4.69. The summed E-state index contributed by atoms with van der Waals surface area (Å²) in [6, 6.07) is 17.7. The molecular formula is C18H18N2. The summed E-state index contributed by atoms with van der Waals surface area (Å²) < 4.78 is 0. The molecule has 2 aromatic carbocycles. The molecule has 0 fully saturated rings. The van der Waals surface area contributed by atoms with Crippen LogP contribution in [0.3, 0.4) is 0 Å². The fourth-order valence-corrected chi connectivity index (χ4v) is 2.18. The van der Waals surface area contributed by atoms with E-state index >= 15 is 0 Å². The first-order valence-electron chi connectivity index (χ1n) is 6.53. The first kappa shape index (κ1) is 13.9. The first-order chi connectivity index (χ1) is 9.65. The van der Waals surface area contributed by atoms with E-state index in [0.717, 1.165) is 28.0 Å². The summed E-state index contributed by atoms with van der Waals surface area (Å²) in [6.07, 6.45) is 0. The number of hydrogen-bond acceptors (Lipinski definition) is 2. The Kier molecular flexibility index (Phi) is 4.26. The largest absolute Gasteiger partial charge is 0.300 e. The molecular weight excluding hydrogens is 244 g/mol. The first-order valence-corrected chi connectivity index (χ1v) is 6.53. The molecule has 0 aliphatic rings. The zero-order valence-electron chi connectivity index (χ0n) is 11.9. The second-order valence-corrected chi connectivity index (χ2v) is 4.69. The highest BCUT2D eigenvalue weighted by Crippen LogP contribution is 2.25. The molecule has 0 heterocycles. The molecule has 2 rings (SSSR count). The minimum atomic E-state index is 0.483. The van der Waals surface area contributed by atoms with Gasteiger partial charge in [-0.3, -0.25) is 10.4 Å². The van der Waals surface area contributed by atoms with Crippen molar-refractivity contribution in [2.75, 3.05) is 0 Å². The maximum absolute atomic E-state index is 8.34. The van der Waals surface area contributed by atoms with Crippen LogP contribution in [0.25, 0.3) is 5.70 Å². The molecule has 0 atom stereocenters. The molecule has 2 heteroatoms. The van der Waals surface area contributed by atoms with Crippen molar-refractivity contribution in [2.24, 2.45) is 4.99 Å². The Bertz CT molecular complexity index is 667. The number of nitrogens with zero attached hydrogens (tertiary/aromatic N) is 1. The van der Waals surface area contributed by atoms with Crippen LogP contribution < -0.4 is 0 Å². The highest BCUT2D eigenvalue weighted by atomic mass is 14.7. The molecule has 0 amide bonds. The normalized spacial score (nSPS) is 11.7. The standard InChI is InChI=1S/C18H18N2/c1-13-9-7-8-12-16(13)18(20-3)14(2)17(19)15-10-5-4-6-11-15/h4-12,19H,3H2,1-2H3/b18-14-,19-17?. The van der Waals surface area contributed by atoms with Gasteiger partial charge in [-0.15, -0.1) is 0 Å². The van der Waals surface area contributed by atoms with Crippen LogP contribution in [0.15, 0.2) is 65.2 Å². The third kappa shape index (κ3) is 2.75. The molecule has 0 aliphatic heterocycles. The molecule has 1 N–H and O–H groups in total. The van der Waals surface area contributed by atoms with Crippen LogP contribution in [0.4, 0.5) is 0 Å². The summed E-state index contributed by atoms with van der Waals surface area (Å²) in [5.41, 5.74) is 5.14. The number of hydrogen-bond donors (Lipinski definition) is 1. The van der Waals surface area contributed by atoms with Crippen molar-refractivity contribution in [3.8, 4) is 0 Å². The van der Waals surface area contributed by atoms with Gasteiger partial charge >= 0.3 is 0 Å². The van der Waals surface area contributed by atoms with Crippen LogP contribution in [0, 0.1) is 12.3 Å². The van der Waals surface area contributed by atoms with Gasteiger partial charge < -0.3 is 0 Å². The molecule has 0 saturated heterocycles. The van der Waals surface area contributed by atoms with Crippen molar-refractivity contribution < 1.29 is 0 Å². The Hall–Kier alpha value is -2.48. The minimum Gasteiger partial charge on any atom is -0.300 e. The summed E-state index contributed by atoms with van der Waals surface area (Å²) in [4.78, 5) is 4.15. The van der Waals surface area contributed by atoms with Gasteiger partial charge in [0.25, 0.3) is 0 Å². The maximum atomic E-state index is 8.34. The van der Waals surface area contributed by atoms with E-state index in [0.29, 0.717) is 5.71 Å². The van der Waals surface area contributed by atoms with Crippen molar-refractivity contribution in [2.45, 2.75) is 13.8 Å². The van der Waals surface area contributed by atoms with E-state index in [2.05, 4.69) is 11.7 Å². The number of nitrogens with one attached hydrogen (secondary N) is 1. The van der Waals surface area contributed by atoms with Crippen LogP contribution >= 0.6 is 0 Å². The average Bonchev–Trinajstić information content (AvgIpc) is 2.50. The van der Waals surface area contributed by atoms with E-state index in [1.807, 2.05) is 68.4 Å². The van der Waals surface area contributed by atoms with E-state index in [1.165, 1.54) is 0 Å². The maximum Gasteiger partial charge on any atom is 0.0747 e. The zero-order valence-corrected chi connectivity index (χ0v) is 11.9. The number of allylic oxidation sites excluding steroid dienone is 1. The Labute approximate surface area is 120 Å². The van der Waals surface area contributed by atoms with Gasteiger partial charge in [-0.2, -0.15) is 0 Å². The van der Waals surface area contributed by atoms with E-state index in [-0.39, 0.29) is 0 Å². The fraction of sp³-hybridized carbons (Fsp3) is 0.111. The molecule has 100 valence electrons. The topological polar surface area (TPSA) is 36.2 Å². The third-order valence-corrected chi connectivity index (χ3v) is 3.35. The van der Waals surface area contributed by atoms with E-state index in [9.17, 15) is 0 Å². The molecule has 20 heavy (non-hydrogen) atoms. The third-order valence-electron chi connectivity index (χ3n) is 3.35. The summed E-state index contributed by atoms with van der Waals surface area (Å²) in [7, 11) is 0. The number of rotatable bonds is 4. The van der Waals surface area contributed by atoms with Gasteiger partial charge in [0.1, 0.15) is 0 Å². The molecule has 0 aromatic heterocycles. The molecule has 0 unspecified atom stereocenters. The van der Waals surface area contributed by atoms with Crippen LogP contribution in [0.1, 0.15) is 23.6 Å². The lowest BCUT2D eigenvalue weighted by Gasteiger charge is -2.11. The number of aliphatic imine (C=N–C) groups is 1. The van der Waals surface area contributed by atoms with Crippen molar-refractivity contribution in [1.82, 2.24) is 0 Å². The second kappa shape index (κ2) is 6.11. The molecule has 2 nitrogen and oxygen atoms in total. The Morgan fingerprint density at radius 2 is 1.60 bits per heavy atom. The lowest BCUT2D eigenvalue weighted by Crippen LogP contribution is -2.03. The van der Waals surface area contributed by atoms with Gasteiger partial charge in [0, 0.05) is 11.1 Å². The minimum absolute atomic E-state index is 0.483. The predicted octanol–water partition coefficient (Wildman–Crippen LogP) is 4.49. The van der Waals surface area contributed by atoms with Gasteiger partial charge in [-0.25, -0.2) is 0 Å². The van der Waals surface area contributed by atoms with Crippen LogP contribution in [-0.2, 0) is 0 Å². The quantitative estimate of drug-likeness (QED) is 0.788. The molecule has 0 bridgehead atoms. The summed E-state index contributed by atoms with van der Waals surface area (Å²) in [6.45, 7) is 7.64. The molecule has 2 aromatic rings. The molecule has 0 saturated carbocycles. The number of benzene rings is 2. The van der Waals surface area contributed by atoms with Gasteiger partial charge in [0.2, 0.25) is 0 Å². The Morgan fingerprint density at radius 1 is 1.00 bits per heavy atom. The highest BCUT2D eigenvalue weighted by molar-refractivity contribution is 6.14.